The Morgan fingerprint density at radius 3 is 2.70 bits per heavy atom. The summed E-state index contributed by atoms with van der Waals surface area (Å²) in [6.45, 7) is 7.34. The van der Waals surface area contributed by atoms with Gasteiger partial charge < -0.3 is 9.88 Å². The van der Waals surface area contributed by atoms with E-state index < -0.39 is 10.8 Å². The fourth-order valence-corrected chi connectivity index (χ4v) is 4.43. The Labute approximate surface area is 162 Å². The summed E-state index contributed by atoms with van der Waals surface area (Å²) >= 11 is 1.40. The van der Waals surface area contributed by atoms with Gasteiger partial charge in [-0.3, -0.25) is 14.5 Å². The van der Waals surface area contributed by atoms with Crippen LogP contribution < -0.4 is 10.2 Å². The zero-order chi connectivity index (χ0) is 19.3. The van der Waals surface area contributed by atoms with Crippen LogP contribution in [0.25, 0.3) is 0 Å². The number of carbonyl (C=O) groups excluding carboxylic acids is 2. The summed E-state index contributed by atoms with van der Waals surface area (Å²) < 4.78 is 2.12. The van der Waals surface area contributed by atoms with Crippen LogP contribution in [-0.4, -0.2) is 37.4 Å². The minimum absolute atomic E-state index is 0.115. The number of para-hydroxylation sites is 2. The van der Waals surface area contributed by atoms with Gasteiger partial charge >= 0.3 is 0 Å². The van der Waals surface area contributed by atoms with Crippen molar-refractivity contribution in [3.63, 3.8) is 0 Å². The topological polar surface area (TPSA) is 80.1 Å². The first-order valence-electron chi connectivity index (χ1n) is 9.13. The summed E-state index contributed by atoms with van der Waals surface area (Å²) in [6, 6.07) is 7.84. The molecule has 0 spiro atoms. The molecular formula is C19H23N5O2S. The minimum Gasteiger partial charge on any atom is -0.322 e. The number of thioether (sulfide) groups is 1. The maximum absolute atomic E-state index is 13.4. The molecule has 4 rings (SSSR count). The van der Waals surface area contributed by atoms with E-state index in [-0.39, 0.29) is 11.8 Å². The van der Waals surface area contributed by atoms with Gasteiger partial charge in [-0.25, -0.2) is 0 Å². The Kier molecular flexibility index (Phi) is 4.25. The van der Waals surface area contributed by atoms with E-state index >= 15 is 0 Å². The van der Waals surface area contributed by atoms with Gasteiger partial charge in [-0.2, -0.15) is 0 Å². The van der Waals surface area contributed by atoms with Gasteiger partial charge in [-0.05, 0) is 52.7 Å². The molecule has 1 fully saturated rings. The zero-order valence-corrected chi connectivity index (χ0v) is 16.7. The molecule has 0 radical (unpaired) electrons. The van der Waals surface area contributed by atoms with Gasteiger partial charge in [-0.15, -0.1) is 10.2 Å². The van der Waals surface area contributed by atoms with Crippen LogP contribution in [0.3, 0.4) is 0 Å². The van der Waals surface area contributed by atoms with Crippen molar-refractivity contribution in [2.45, 2.75) is 62.5 Å². The molecule has 1 aliphatic carbocycles. The molecule has 0 unspecified atom stereocenters. The summed E-state index contributed by atoms with van der Waals surface area (Å²) in [5.74, 6) is 0.571. The molecule has 1 atom stereocenters. The number of amides is 2. The molecule has 0 bridgehead atoms. The molecule has 2 heterocycles. The molecule has 1 N–H and O–H groups in total. The van der Waals surface area contributed by atoms with Crippen LogP contribution in [0.15, 0.2) is 29.4 Å². The summed E-state index contributed by atoms with van der Waals surface area (Å²) in [6.07, 6.45) is 2.25. The lowest BCUT2D eigenvalue weighted by Crippen LogP contribution is -2.60. The normalized spacial score (nSPS) is 19.4. The number of anilines is 2. The molecule has 0 saturated heterocycles. The molecule has 1 saturated carbocycles. The molecule has 27 heavy (non-hydrogen) atoms. The molecule has 142 valence electrons. The second-order valence-electron chi connectivity index (χ2n) is 7.59. The van der Waals surface area contributed by atoms with E-state index in [1.165, 1.54) is 11.8 Å². The monoisotopic (exact) mass is 385 g/mol. The second-order valence-corrected chi connectivity index (χ2v) is 8.90. The van der Waals surface area contributed by atoms with Crippen LogP contribution in [0.1, 0.15) is 45.5 Å². The van der Waals surface area contributed by atoms with Gasteiger partial charge in [0.15, 0.2) is 5.16 Å². The first-order valence-corrected chi connectivity index (χ1v) is 10.0. The highest BCUT2D eigenvalue weighted by Gasteiger charge is 2.45. The smallest absolute Gasteiger partial charge is 0.250 e. The van der Waals surface area contributed by atoms with Gasteiger partial charge in [0.1, 0.15) is 11.4 Å². The lowest BCUT2D eigenvalue weighted by Gasteiger charge is -2.43. The van der Waals surface area contributed by atoms with Crippen LogP contribution in [0, 0.1) is 6.92 Å². The molecule has 2 amide bonds. The molecular weight excluding hydrogens is 362 g/mol. The highest BCUT2D eigenvalue weighted by atomic mass is 32.2. The van der Waals surface area contributed by atoms with Crippen molar-refractivity contribution in [2.75, 3.05) is 10.2 Å². The van der Waals surface area contributed by atoms with E-state index in [0.29, 0.717) is 11.7 Å². The highest BCUT2D eigenvalue weighted by molar-refractivity contribution is 8.00. The van der Waals surface area contributed by atoms with Crippen LogP contribution >= 0.6 is 11.8 Å². The number of aromatic nitrogens is 3. The predicted octanol–water partition coefficient (Wildman–Crippen LogP) is 3.17. The average Bonchev–Trinajstić information content (AvgIpc) is 3.39. The fraction of sp³-hybridized carbons (Fsp3) is 0.474. The second kappa shape index (κ2) is 6.37. The molecule has 8 heteroatoms. The van der Waals surface area contributed by atoms with Crippen LogP contribution in [-0.2, 0) is 9.59 Å². The quantitative estimate of drug-likeness (QED) is 0.818. The number of rotatable bonds is 4. The van der Waals surface area contributed by atoms with E-state index in [0.717, 1.165) is 29.5 Å². The van der Waals surface area contributed by atoms with Crippen molar-refractivity contribution in [3.05, 3.63) is 30.1 Å². The van der Waals surface area contributed by atoms with Crippen molar-refractivity contribution >= 4 is 35.0 Å². The van der Waals surface area contributed by atoms with E-state index in [2.05, 4.69) is 20.1 Å². The van der Waals surface area contributed by atoms with Crippen LogP contribution in [0.2, 0.25) is 0 Å². The lowest BCUT2D eigenvalue weighted by molar-refractivity contribution is -0.126. The lowest BCUT2D eigenvalue weighted by atomic mass is 9.96. The first kappa shape index (κ1) is 18.0. The molecule has 1 aromatic heterocycles. The van der Waals surface area contributed by atoms with Gasteiger partial charge in [-0.1, -0.05) is 23.9 Å². The van der Waals surface area contributed by atoms with Crippen LogP contribution in [0.4, 0.5) is 11.4 Å². The number of nitrogens with zero attached hydrogens (tertiary/aromatic N) is 4. The highest BCUT2D eigenvalue weighted by Crippen LogP contribution is 2.41. The van der Waals surface area contributed by atoms with Crippen molar-refractivity contribution < 1.29 is 9.59 Å². The summed E-state index contributed by atoms with van der Waals surface area (Å²) in [4.78, 5) is 27.6. The third-order valence-corrected chi connectivity index (χ3v) is 6.15. The maximum atomic E-state index is 13.4. The molecule has 2 aromatic rings. The maximum Gasteiger partial charge on any atom is 0.250 e. The van der Waals surface area contributed by atoms with Gasteiger partial charge in [0.05, 0.1) is 16.6 Å². The standard InChI is InChI=1S/C19H23N5O2S/c1-11(27-18-22-21-12(2)23(18)13-9-10-13)16(25)24-15-8-6-5-7-14(15)20-17(26)19(24,3)4/h5-8,11,13H,9-10H2,1-4H3,(H,20,26)/t11-/m1/s1. The van der Waals surface area contributed by atoms with E-state index in [4.69, 9.17) is 0 Å². The number of aryl methyl sites for hydroxylation is 1. The van der Waals surface area contributed by atoms with Gasteiger partial charge in [0.2, 0.25) is 11.8 Å². The molecule has 1 aliphatic heterocycles. The number of fused-ring (bicyclic) bond motifs is 1. The summed E-state index contributed by atoms with van der Waals surface area (Å²) in [5, 5.41) is 11.7. The predicted molar refractivity (Wildman–Crippen MR) is 105 cm³/mol. The summed E-state index contributed by atoms with van der Waals surface area (Å²) in [7, 11) is 0. The first-order chi connectivity index (χ1) is 12.8. The molecule has 7 nitrogen and oxygen atoms in total. The van der Waals surface area contributed by atoms with Crippen molar-refractivity contribution in [1.29, 1.82) is 0 Å². The Balaban J connectivity index is 1.64. The zero-order valence-electron chi connectivity index (χ0n) is 15.9. The van der Waals surface area contributed by atoms with E-state index in [1.807, 2.05) is 38.1 Å². The van der Waals surface area contributed by atoms with Crippen molar-refractivity contribution in [2.24, 2.45) is 0 Å². The van der Waals surface area contributed by atoms with Gasteiger partial charge in [0, 0.05) is 6.04 Å². The van der Waals surface area contributed by atoms with Crippen molar-refractivity contribution in [3.8, 4) is 0 Å². The molecule has 2 aliphatic rings. The number of nitrogens with one attached hydrogen (secondary N) is 1. The Morgan fingerprint density at radius 1 is 1.30 bits per heavy atom. The minimum atomic E-state index is -0.972. The largest absolute Gasteiger partial charge is 0.322 e. The third kappa shape index (κ3) is 3.01. The Bertz CT molecular complexity index is 919. The Hall–Kier alpha value is -2.35. The average molecular weight is 385 g/mol. The number of hydrogen-bond acceptors (Lipinski definition) is 5. The summed E-state index contributed by atoms with van der Waals surface area (Å²) in [5.41, 5.74) is 0.407. The molecule has 1 aromatic carbocycles. The number of benzene rings is 1. The number of carbonyl (C=O) groups is 2. The van der Waals surface area contributed by atoms with E-state index in [1.54, 1.807) is 18.7 Å². The third-order valence-electron chi connectivity index (χ3n) is 5.11. The Morgan fingerprint density at radius 2 is 2.00 bits per heavy atom. The SMILES string of the molecule is Cc1nnc(S[C@H](C)C(=O)N2c3ccccc3NC(=O)C2(C)C)n1C1CC1. The van der Waals surface area contributed by atoms with Crippen LogP contribution in [0.5, 0.6) is 0 Å². The van der Waals surface area contributed by atoms with Crippen molar-refractivity contribution in [1.82, 2.24) is 14.8 Å². The fourth-order valence-electron chi connectivity index (χ4n) is 3.42. The van der Waals surface area contributed by atoms with E-state index in [9.17, 15) is 9.59 Å². The van der Waals surface area contributed by atoms with Gasteiger partial charge in [0.25, 0.3) is 0 Å². The number of hydrogen-bond donors (Lipinski definition) is 1.